The Morgan fingerprint density at radius 2 is 2.03 bits per heavy atom. The van der Waals surface area contributed by atoms with Crippen molar-refractivity contribution in [3.8, 4) is 5.75 Å². The molecule has 0 radical (unpaired) electrons. The molecule has 8 nitrogen and oxygen atoms in total. The number of urea groups is 1. The molecule has 2 amide bonds. The number of ether oxygens (including phenoxy) is 2. The van der Waals surface area contributed by atoms with E-state index in [1.54, 1.807) is 6.20 Å². The predicted molar refractivity (Wildman–Crippen MR) is 110 cm³/mol. The molecule has 0 spiro atoms. The zero-order chi connectivity index (χ0) is 19.9. The van der Waals surface area contributed by atoms with Crippen LogP contribution in [-0.2, 0) is 17.8 Å². The predicted octanol–water partition coefficient (Wildman–Crippen LogP) is 2.33. The van der Waals surface area contributed by atoms with Gasteiger partial charge in [-0.15, -0.1) is 0 Å². The fraction of sp³-hybridized carbons (Fsp3) is 0.524. The number of amides is 2. The molecule has 2 N–H and O–H groups in total. The maximum atomic E-state index is 12.3. The minimum absolute atomic E-state index is 0.255. The minimum atomic E-state index is -0.255. The zero-order valence-corrected chi connectivity index (χ0v) is 16.7. The SMILES string of the molecule is O=C(NCc1ccccc1OCC1CC1)Nc1cnn(CCN2CCOCC2)c1. The Labute approximate surface area is 171 Å². The summed E-state index contributed by atoms with van der Waals surface area (Å²) in [6.45, 7) is 6.39. The minimum Gasteiger partial charge on any atom is -0.493 e. The van der Waals surface area contributed by atoms with E-state index in [9.17, 15) is 4.79 Å². The third kappa shape index (κ3) is 6.20. The summed E-state index contributed by atoms with van der Waals surface area (Å²) in [6, 6.07) is 7.59. The molecule has 29 heavy (non-hydrogen) atoms. The third-order valence-electron chi connectivity index (χ3n) is 5.22. The molecule has 2 fully saturated rings. The van der Waals surface area contributed by atoms with Crippen molar-refractivity contribution >= 4 is 11.7 Å². The van der Waals surface area contributed by atoms with Gasteiger partial charge in [0.15, 0.2) is 0 Å². The van der Waals surface area contributed by atoms with Gasteiger partial charge in [-0.3, -0.25) is 9.58 Å². The van der Waals surface area contributed by atoms with Crippen LogP contribution in [0.2, 0.25) is 0 Å². The van der Waals surface area contributed by atoms with Gasteiger partial charge in [0.1, 0.15) is 5.75 Å². The Hall–Kier alpha value is -2.58. The first-order chi connectivity index (χ1) is 14.3. The highest BCUT2D eigenvalue weighted by Gasteiger charge is 2.22. The van der Waals surface area contributed by atoms with Gasteiger partial charge >= 0.3 is 6.03 Å². The number of morpholine rings is 1. The lowest BCUT2D eigenvalue weighted by molar-refractivity contribution is 0.0360. The summed E-state index contributed by atoms with van der Waals surface area (Å²) in [5.74, 6) is 1.54. The summed E-state index contributed by atoms with van der Waals surface area (Å²) in [7, 11) is 0. The van der Waals surface area contributed by atoms with E-state index in [2.05, 4.69) is 20.6 Å². The molecule has 1 aliphatic carbocycles. The first-order valence-electron chi connectivity index (χ1n) is 10.3. The average molecular weight is 399 g/mol. The lowest BCUT2D eigenvalue weighted by Gasteiger charge is -2.26. The summed E-state index contributed by atoms with van der Waals surface area (Å²) in [5.41, 5.74) is 1.66. The molecule has 2 heterocycles. The van der Waals surface area contributed by atoms with Gasteiger partial charge in [-0.1, -0.05) is 18.2 Å². The van der Waals surface area contributed by atoms with Gasteiger partial charge in [-0.2, -0.15) is 5.10 Å². The quantitative estimate of drug-likeness (QED) is 0.676. The van der Waals surface area contributed by atoms with E-state index in [1.165, 1.54) is 12.8 Å². The number of carbonyl (C=O) groups excluding carboxylic acids is 1. The van der Waals surface area contributed by atoms with Crippen LogP contribution in [0.15, 0.2) is 36.7 Å². The Kier molecular flexibility index (Phi) is 6.63. The average Bonchev–Trinajstić information content (AvgIpc) is 3.48. The number of nitrogens with zero attached hydrogens (tertiary/aromatic N) is 3. The molecule has 1 saturated carbocycles. The van der Waals surface area contributed by atoms with E-state index in [4.69, 9.17) is 9.47 Å². The number of benzene rings is 1. The number of aromatic nitrogens is 2. The van der Waals surface area contributed by atoms with E-state index in [0.29, 0.717) is 18.2 Å². The van der Waals surface area contributed by atoms with Gasteiger partial charge in [0, 0.05) is 37.9 Å². The van der Waals surface area contributed by atoms with Crippen LogP contribution in [0.3, 0.4) is 0 Å². The Balaban J connectivity index is 1.21. The van der Waals surface area contributed by atoms with Gasteiger partial charge in [-0.05, 0) is 24.8 Å². The van der Waals surface area contributed by atoms with Crippen molar-refractivity contribution in [2.45, 2.75) is 25.9 Å². The molecule has 0 atom stereocenters. The second-order valence-corrected chi connectivity index (χ2v) is 7.62. The maximum absolute atomic E-state index is 12.3. The normalized spacial score (nSPS) is 17.1. The molecule has 4 rings (SSSR count). The molecule has 1 aliphatic heterocycles. The van der Waals surface area contributed by atoms with Gasteiger partial charge in [0.05, 0.1) is 38.2 Å². The molecule has 2 aliphatic rings. The number of hydrogen-bond acceptors (Lipinski definition) is 5. The molecule has 1 aromatic carbocycles. The maximum Gasteiger partial charge on any atom is 0.319 e. The molecule has 156 valence electrons. The largest absolute Gasteiger partial charge is 0.493 e. The Morgan fingerprint density at radius 1 is 1.21 bits per heavy atom. The standard InChI is InChI=1S/C21H29N5O3/c27-21(22-13-18-3-1-2-4-20(18)29-16-17-5-6-17)24-19-14-23-26(15-19)8-7-25-9-11-28-12-10-25/h1-4,14-15,17H,5-13,16H2,(H2,22,24,27). The monoisotopic (exact) mass is 399 g/mol. The van der Waals surface area contributed by atoms with E-state index >= 15 is 0 Å². The Bertz CT molecular complexity index is 799. The number of para-hydroxylation sites is 1. The molecule has 2 aromatic rings. The smallest absolute Gasteiger partial charge is 0.319 e. The number of hydrogen-bond donors (Lipinski definition) is 2. The molecular formula is C21H29N5O3. The molecule has 0 unspecified atom stereocenters. The third-order valence-corrected chi connectivity index (χ3v) is 5.22. The molecule has 1 saturated heterocycles. The Morgan fingerprint density at radius 3 is 2.86 bits per heavy atom. The summed E-state index contributed by atoms with van der Waals surface area (Å²) in [6.07, 6.45) is 6.03. The van der Waals surface area contributed by atoms with Gasteiger partial charge in [0.25, 0.3) is 0 Å². The van der Waals surface area contributed by atoms with Crippen molar-refractivity contribution in [2.75, 3.05) is 44.8 Å². The summed E-state index contributed by atoms with van der Waals surface area (Å²) in [5, 5.41) is 10.1. The van der Waals surface area contributed by atoms with Crippen molar-refractivity contribution in [3.63, 3.8) is 0 Å². The van der Waals surface area contributed by atoms with Crippen molar-refractivity contribution in [2.24, 2.45) is 5.92 Å². The van der Waals surface area contributed by atoms with Gasteiger partial charge in [0.2, 0.25) is 0 Å². The lowest BCUT2D eigenvalue weighted by atomic mass is 10.2. The van der Waals surface area contributed by atoms with Crippen LogP contribution in [0.4, 0.5) is 10.5 Å². The van der Waals surface area contributed by atoms with Gasteiger partial charge < -0.3 is 20.1 Å². The molecule has 0 bridgehead atoms. The molecule has 8 heteroatoms. The van der Waals surface area contributed by atoms with Crippen LogP contribution >= 0.6 is 0 Å². The van der Waals surface area contributed by atoms with E-state index in [-0.39, 0.29) is 6.03 Å². The number of nitrogens with one attached hydrogen (secondary N) is 2. The van der Waals surface area contributed by atoms with Crippen LogP contribution in [0, 0.1) is 5.92 Å². The highest BCUT2D eigenvalue weighted by molar-refractivity contribution is 5.88. The van der Waals surface area contributed by atoms with Gasteiger partial charge in [-0.25, -0.2) is 4.79 Å². The number of rotatable bonds is 9. The first kappa shape index (κ1) is 19.7. The van der Waals surface area contributed by atoms with Crippen LogP contribution in [-0.4, -0.2) is 60.2 Å². The highest BCUT2D eigenvalue weighted by atomic mass is 16.5. The van der Waals surface area contributed by atoms with Crippen LogP contribution in [0.5, 0.6) is 5.75 Å². The highest BCUT2D eigenvalue weighted by Crippen LogP contribution is 2.30. The van der Waals surface area contributed by atoms with Crippen LogP contribution < -0.4 is 15.4 Å². The molecule has 1 aromatic heterocycles. The van der Waals surface area contributed by atoms with E-state index in [0.717, 1.165) is 57.3 Å². The van der Waals surface area contributed by atoms with Crippen molar-refractivity contribution in [1.82, 2.24) is 20.0 Å². The second-order valence-electron chi connectivity index (χ2n) is 7.62. The van der Waals surface area contributed by atoms with E-state index in [1.807, 2.05) is 35.1 Å². The van der Waals surface area contributed by atoms with Crippen LogP contribution in [0.1, 0.15) is 18.4 Å². The summed E-state index contributed by atoms with van der Waals surface area (Å²) >= 11 is 0. The van der Waals surface area contributed by atoms with E-state index < -0.39 is 0 Å². The number of carbonyl (C=O) groups is 1. The number of anilines is 1. The fourth-order valence-electron chi connectivity index (χ4n) is 3.25. The summed E-state index contributed by atoms with van der Waals surface area (Å²) < 4.78 is 13.1. The fourth-order valence-corrected chi connectivity index (χ4v) is 3.25. The summed E-state index contributed by atoms with van der Waals surface area (Å²) in [4.78, 5) is 14.6. The second kappa shape index (κ2) is 9.76. The van der Waals surface area contributed by atoms with Crippen molar-refractivity contribution in [1.29, 1.82) is 0 Å². The van der Waals surface area contributed by atoms with Crippen molar-refractivity contribution in [3.05, 3.63) is 42.2 Å². The lowest BCUT2D eigenvalue weighted by Crippen LogP contribution is -2.38. The zero-order valence-electron chi connectivity index (χ0n) is 16.7. The van der Waals surface area contributed by atoms with Crippen LogP contribution in [0.25, 0.3) is 0 Å². The van der Waals surface area contributed by atoms with Crippen molar-refractivity contribution < 1.29 is 14.3 Å². The topological polar surface area (TPSA) is 80.7 Å². The molecular weight excluding hydrogens is 370 g/mol. The first-order valence-corrected chi connectivity index (χ1v) is 10.3.